The predicted molar refractivity (Wildman–Crippen MR) is 86.2 cm³/mol. The first kappa shape index (κ1) is 12.9. The first-order valence-corrected chi connectivity index (χ1v) is 8.25. The van der Waals surface area contributed by atoms with Crippen molar-refractivity contribution in [3.05, 3.63) is 59.4 Å². The Morgan fingerprint density at radius 3 is 3.14 bits per heavy atom. The van der Waals surface area contributed by atoms with Crippen LogP contribution in [0.2, 0.25) is 0 Å². The molecule has 0 spiro atoms. The second-order valence-corrected chi connectivity index (χ2v) is 6.39. The van der Waals surface area contributed by atoms with E-state index in [2.05, 4.69) is 39.1 Å². The van der Waals surface area contributed by atoms with Gasteiger partial charge in [0, 0.05) is 25.0 Å². The van der Waals surface area contributed by atoms with Crippen LogP contribution in [-0.2, 0) is 6.54 Å². The van der Waals surface area contributed by atoms with Gasteiger partial charge in [0.2, 0.25) is 0 Å². The molecule has 1 aromatic carbocycles. The van der Waals surface area contributed by atoms with E-state index in [1.54, 1.807) is 11.3 Å². The van der Waals surface area contributed by atoms with Gasteiger partial charge >= 0.3 is 0 Å². The van der Waals surface area contributed by atoms with Crippen LogP contribution in [0.1, 0.15) is 30.0 Å². The summed E-state index contributed by atoms with van der Waals surface area (Å²) in [5, 5.41) is 0. The van der Waals surface area contributed by atoms with E-state index in [0.29, 0.717) is 6.04 Å². The molecule has 4 heteroatoms. The molecule has 3 heterocycles. The van der Waals surface area contributed by atoms with Crippen molar-refractivity contribution in [1.29, 1.82) is 0 Å². The summed E-state index contributed by atoms with van der Waals surface area (Å²) in [7, 11) is 0. The van der Waals surface area contributed by atoms with E-state index < -0.39 is 0 Å². The molecule has 2 aromatic heterocycles. The number of thiazole rings is 1. The lowest BCUT2D eigenvalue weighted by Gasteiger charge is -2.24. The maximum absolute atomic E-state index is 4.42. The third-order valence-corrected chi connectivity index (χ3v) is 5.16. The molecule has 4 rings (SSSR count). The van der Waals surface area contributed by atoms with Crippen LogP contribution in [0.4, 0.5) is 0 Å². The van der Waals surface area contributed by atoms with Crippen LogP contribution >= 0.6 is 11.3 Å². The summed E-state index contributed by atoms with van der Waals surface area (Å²) in [4.78, 5) is 11.3. The molecular formula is C17H17N3S. The molecule has 1 aliphatic rings. The molecule has 1 unspecified atom stereocenters. The molecule has 0 N–H and O–H groups in total. The Morgan fingerprint density at radius 1 is 1.24 bits per heavy atom. The van der Waals surface area contributed by atoms with Gasteiger partial charge in [-0.05, 0) is 42.6 Å². The summed E-state index contributed by atoms with van der Waals surface area (Å²) >= 11 is 1.74. The maximum Gasteiger partial charge on any atom is 0.0815 e. The molecule has 0 saturated carbocycles. The Balaban J connectivity index is 1.63. The molecule has 0 bridgehead atoms. The molecule has 21 heavy (non-hydrogen) atoms. The summed E-state index contributed by atoms with van der Waals surface area (Å²) in [6.07, 6.45) is 6.35. The highest BCUT2D eigenvalue weighted by Gasteiger charge is 2.26. The van der Waals surface area contributed by atoms with E-state index in [9.17, 15) is 0 Å². The van der Waals surface area contributed by atoms with E-state index in [1.165, 1.54) is 28.7 Å². The van der Waals surface area contributed by atoms with Crippen molar-refractivity contribution in [3.8, 4) is 0 Å². The van der Waals surface area contributed by atoms with Gasteiger partial charge in [-0.15, -0.1) is 11.3 Å². The Hall–Kier alpha value is -1.78. The number of pyridine rings is 1. The van der Waals surface area contributed by atoms with Crippen LogP contribution in [0.25, 0.3) is 10.2 Å². The quantitative estimate of drug-likeness (QED) is 0.730. The number of nitrogens with zero attached hydrogens (tertiary/aromatic N) is 3. The zero-order valence-electron chi connectivity index (χ0n) is 11.8. The molecule has 1 aliphatic heterocycles. The lowest BCUT2D eigenvalue weighted by molar-refractivity contribution is 0.249. The van der Waals surface area contributed by atoms with Crippen molar-refractivity contribution in [2.75, 3.05) is 6.54 Å². The zero-order chi connectivity index (χ0) is 14.1. The lowest BCUT2D eigenvalue weighted by Crippen LogP contribution is -2.22. The third kappa shape index (κ3) is 2.45. The fourth-order valence-electron chi connectivity index (χ4n) is 3.25. The Kier molecular flexibility index (Phi) is 3.41. The van der Waals surface area contributed by atoms with Gasteiger partial charge in [0.1, 0.15) is 0 Å². The van der Waals surface area contributed by atoms with Crippen molar-refractivity contribution in [3.63, 3.8) is 0 Å². The number of likely N-dealkylation sites (tertiary alicyclic amines) is 1. The highest BCUT2D eigenvalue weighted by molar-refractivity contribution is 7.16. The normalized spacial score (nSPS) is 19.3. The van der Waals surface area contributed by atoms with Gasteiger partial charge in [0.25, 0.3) is 0 Å². The van der Waals surface area contributed by atoms with Gasteiger partial charge in [-0.3, -0.25) is 9.88 Å². The fourth-order valence-corrected chi connectivity index (χ4v) is 4.05. The number of benzene rings is 1. The molecule has 106 valence electrons. The van der Waals surface area contributed by atoms with Gasteiger partial charge in [-0.25, -0.2) is 4.98 Å². The average molecular weight is 295 g/mol. The van der Waals surface area contributed by atoms with Crippen molar-refractivity contribution >= 4 is 21.6 Å². The Bertz CT molecular complexity index is 738. The molecule has 0 radical (unpaired) electrons. The molecule has 1 saturated heterocycles. The molecular weight excluding hydrogens is 278 g/mol. The van der Waals surface area contributed by atoms with Crippen molar-refractivity contribution in [2.45, 2.75) is 25.4 Å². The SMILES string of the molecule is c1cncc(C2CCCN2Cc2cccc3ncsc23)c1. The molecule has 0 amide bonds. The van der Waals surface area contributed by atoms with E-state index in [-0.39, 0.29) is 0 Å². The van der Waals surface area contributed by atoms with Crippen LogP contribution in [-0.4, -0.2) is 21.4 Å². The molecule has 3 nitrogen and oxygen atoms in total. The highest BCUT2D eigenvalue weighted by atomic mass is 32.1. The minimum Gasteiger partial charge on any atom is -0.292 e. The van der Waals surface area contributed by atoms with Crippen LogP contribution in [0.5, 0.6) is 0 Å². The van der Waals surface area contributed by atoms with Gasteiger partial charge in [0.05, 0.1) is 15.7 Å². The second-order valence-electron chi connectivity index (χ2n) is 5.53. The fraction of sp³-hybridized carbons (Fsp3) is 0.294. The number of hydrogen-bond acceptors (Lipinski definition) is 4. The van der Waals surface area contributed by atoms with Gasteiger partial charge < -0.3 is 0 Å². The Labute approximate surface area is 128 Å². The number of rotatable bonds is 3. The standard InChI is InChI=1S/C17H17N3S/c1-4-14(17-15(6-1)19-12-21-17)11-20-9-3-7-16(20)13-5-2-8-18-10-13/h1-2,4-6,8,10,12,16H,3,7,9,11H2. The minimum absolute atomic E-state index is 0.502. The van der Waals surface area contributed by atoms with Crippen LogP contribution < -0.4 is 0 Å². The Morgan fingerprint density at radius 2 is 2.24 bits per heavy atom. The first-order valence-electron chi connectivity index (χ1n) is 7.37. The van der Waals surface area contributed by atoms with E-state index >= 15 is 0 Å². The smallest absolute Gasteiger partial charge is 0.0815 e. The molecule has 3 aromatic rings. The van der Waals surface area contributed by atoms with Crippen LogP contribution in [0, 0.1) is 0 Å². The van der Waals surface area contributed by atoms with Gasteiger partial charge in [0.15, 0.2) is 0 Å². The van der Waals surface area contributed by atoms with Crippen molar-refractivity contribution in [1.82, 2.24) is 14.9 Å². The van der Waals surface area contributed by atoms with Crippen LogP contribution in [0.3, 0.4) is 0 Å². The zero-order valence-corrected chi connectivity index (χ0v) is 12.6. The number of hydrogen-bond donors (Lipinski definition) is 0. The average Bonchev–Trinajstić information content (AvgIpc) is 3.17. The maximum atomic E-state index is 4.42. The summed E-state index contributed by atoms with van der Waals surface area (Å²) in [5.41, 5.74) is 5.79. The first-order chi connectivity index (χ1) is 10.4. The molecule has 1 fully saturated rings. The van der Waals surface area contributed by atoms with E-state index in [4.69, 9.17) is 0 Å². The summed E-state index contributed by atoms with van der Waals surface area (Å²) < 4.78 is 1.33. The van der Waals surface area contributed by atoms with Crippen molar-refractivity contribution < 1.29 is 0 Å². The van der Waals surface area contributed by atoms with E-state index in [0.717, 1.165) is 18.6 Å². The van der Waals surface area contributed by atoms with Gasteiger partial charge in [-0.2, -0.15) is 0 Å². The topological polar surface area (TPSA) is 29.0 Å². The molecule has 0 aliphatic carbocycles. The third-order valence-electron chi connectivity index (χ3n) is 4.24. The summed E-state index contributed by atoms with van der Waals surface area (Å²) in [6, 6.07) is 11.2. The summed E-state index contributed by atoms with van der Waals surface area (Å²) in [6.45, 7) is 2.16. The van der Waals surface area contributed by atoms with Crippen LogP contribution in [0.15, 0.2) is 48.2 Å². The van der Waals surface area contributed by atoms with Gasteiger partial charge in [-0.1, -0.05) is 18.2 Å². The van der Waals surface area contributed by atoms with E-state index in [1.807, 2.05) is 24.0 Å². The number of fused-ring (bicyclic) bond motifs is 1. The monoisotopic (exact) mass is 295 g/mol. The largest absolute Gasteiger partial charge is 0.292 e. The lowest BCUT2D eigenvalue weighted by atomic mass is 10.1. The molecule has 1 atom stereocenters. The predicted octanol–water partition coefficient (Wildman–Crippen LogP) is 4.03. The second kappa shape index (κ2) is 5.54. The van der Waals surface area contributed by atoms with Crippen molar-refractivity contribution in [2.24, 2.45) is 0 Å². The number of aromatic nitrogens is 2. The summed E-state index contributed by atoms with van der Waals surface area (Å²) in [5.74, 6) is 0. The highest BCUT2D eigenvalue weighted by Crippen LogP contribution is 2.34. The minimum atomic E-state index is 0.502.